The fourth-order valence-corrected chi connectivity index (χ4v) is 8.67. The Bertz CT molecular complexity index is 3470. The molecule has 0 N–H and O–H groups in total. The number of furan rings is 1. The molecule has 0 unspecified atom stereocenters. The maximum absolute atomic E-state index is 9.43. The zero-order chi connectivity index (χ0) is 41.5. The van der Waals surface area contributed by atoms with Crippen LogP contribution in [0.15, 0.2) is 174 Å². The van der Waals surface area contributed by atoms with E-state index in [2.05, 4.69) is 56.3 Å². The lowest BCUT2D eigenvalue weighted by molar-refractivity contribution is 0.660. The fourth-order valence-electron chi connectivity index (χ4n) is 8.67. The molecule has 1 aliphatic carbocycles. The Hall–Kier alpha value is -6.44. The lowest BCUT2D eigenvalue weighted by atomic mass is 9.82. The van der Waals surface area contributed by atoms with Gasteiger partial charge in [-0.3, -0.25) is 0 Å². The van der Waals surface area contributed by atoms with E-state index in [1.807, 2.05) is 72.8 Å². The average molecular weight is 671 g/mol. The zero-order valence-corrected chi connectivity index (χ0v) is 28.5. The van der Waals surface area contributed by atoms with Gasteiger partial charge in [-0.25, -0.2) is 0 Å². The van der Waals surface area contributed by atoms with Crippen LogP contribution in [0.25, 0.3) is 98.8 Å². The van der Waals surface area contributed by atoms with E-state index in [1.165, 1.54) is 22.3 Å². The van der Waals surface area contributed by atoms with E-state index in [0.29, 0.717) is 33.4 Å². The Kier molecular flexibility index (Phi) is 4.64. The van der Waals surface area contributed by atoms with Crippen LogP contribution in [0.5, 0.6) is 0 Å². The minimum Gasteiger partial charge on any atom is -0.455 e. The summed E-state index contributed by atoms with van der Waals surface area (Å²) in [7, 11) is 0. The van der Waals surface area contributed by atoms with Gasteiger partial charge in [0.2, 0.25) is 0 Å². The Morgan fingerprint density at radius 1 is 0.442 bits per heavy atom. The summed E-state index contributed by atoms with van der Waals surface area (Å²) >= 11 is 0. The van der Waals surface area contributed by atoms with Crippen molar-refractivity contribution in [1.29, 1.82) is 0 Å². The molecule has 0 bridgehead atoms. The van der Waals surface area contributed by atoms with Gasteiger partial charge in [-0.05, 0) is 101 Å². The van der Waals surface area contributed by atoms with Gasteiger partial charge in [-0.15, -0.1) is 0 Å². The van der Waals surface area contributed by atoms with Gasteiger partial charge < -0.3 is 4.42 Å². The van der Waals surface area contributed by atoms with Crippen molar-refractivity contribution >= 4 is 54.3 Å². The molecule has 9 aromatic carbocycles. The first-order valence-electron chi connectivity index (χ1n) is 21.5. The van der Waals surface area contributed by atoms with Crippen LogP contribution in [0.1, 0.15) is 35.9 Å². The number of hydrogen-bond donors (Lipinski definition) is 0. The molecule has 0 saturated heterocycles. The highest BCUT2D eigenvalue weighted by atomic mass is 16.3. The largest absolute Gasteiger partial charge is 0.455 e. The molecule has 1 aliphatic rings. The van der Waals surface area contributed by atoms with Crippen molar-refractivity contribution in [1.82, 2.24) is 0 Å². The lowest BCUT2D eigenvalue weighted by Gasteiger charge is -2.21. The monoisotopic (exact) mass is 670 g/mol. The van der Waals surface area contributed by atoms with Crippen LogP contribution in [-0.2, 0) is 5.41 Å². The van der Waals surface area contributed by atoms with Crippen molar-refractivity contribution in [2.24, 2.45) is 0 Å². The van der Waals surface area contributed by atoms with Crippen LogP contribution in [0.2, 0.25) is 0 Å². The molecule has 0 saturated carbocycles. The SMILES string of the molecule is [2H]c1c([2H])c([2H])c2c(-c3ccc4oc5c6ccccc6ccc5c4c3)c3c([2H])c([2H])c([2H])c([2H])c3c(-c3ccc(-c4cccc5c4-c4ccccc4C5(C)C)cc3)c2c1[2H]. The summed E-state index contributed by atoms with van der Waals surface area (Å²) < 4.78 is 79.6. The van der Waals surface area contributed by atoms with E-state index < -0.39 is 24.2 Å². The summed E-state index contributed by atoms with van der Waals surface area (Å²) in [5.74, 6) is 0. The molecule has 1 nitrogen and oxygen atoms in total. The van der Waals surface area contributed by atoms with Crippen LogP contribution in [0.3, 0.4) is 0 Å². The summed E-state index contributed by atoms with van der Waals surface area (Å²) in [5, 5.41) is 4.32. The van der Waals surface area contributed by atoms with Gasteiger partial charge in [0, 0.05) is 21.6 Å². The normalized spacial score (nSPS) is 15.5. The van der Waals surface area contributed by atoms with Crippen molar-refractivity contribution in [3.8, 4) is 44.5 Å². The van der Waals surface area contributed by atoms with Gasteiger partial charge in [-0.1, -0.05) is 165 Å². The van der Waals surface area contributed by atoms with Gasteiger partial charge >= 0.3 is 0 Å². The highest BCUT2D eigenvalue weighted by Gasteiger charge is 2.36. The van der Waals surface area contributed by atoms with Crippen molar-refractivity contribution < 1.29 is 15.4 Å². The number of rotatable bonds is 3. The van der Waals surface area contributed by atoms with E-state index in [-0.39, 0.29) is 51.1 Å². The van der Waals surface area contributed by atoms with Gasteiger partial charge in [0.25, 0.3) is 0 Å². The second kappa shape index (κ2) is 10.8. The highest BCUT2D eigenvalue weighted by molar-refractivity contribution is 6.23. The first-order chi connectivity index (χ1) is 28.9. The van der Waals surface area contributed by atoms with Crippen LogP contribution >= 0.6 is 0 Å². The first-order valence-corrected chi connectivity index (χ1v) is 17.5. The molecule has 0 amide bonds. The molecule has 1 heterocycles. The van der Waals surface area contributed by atoms with Crippen molar-refractivity contribution in [3.63, 3.8) is 0 Å². The molecule has 0 spiro atoms. The predicted molar refractivity (Wildman–Crippen MR) is 220 cm³/mol. The van der Waals surface area contributed by atoms with Crippen molar-refractivity contribution in [2.75, 3.05) is 0 Å². The molecule has 10 aromatic rings. The maximum Gasteiger partial charge on any atom is 0.143 e. The standard InChI is InChI=1S/C51H34O/c1-51(2)44-20-10-9-18-42(44)49-35(19-11-21-45(49)51)32-22-24-33(25-23-32)47-37-14-5-7-16-39(37)48(40-17-8-6-15-38(40)47)34-27-29-46-43(30-34)41-28-26-31-12-3-4-13-36(31)50(41)52-46/h3-30H,1-2H3/i5D,6D,7D,8D,14D,15D,16D,17D. The third-order valence-corrected chi connectivity index (χ3v) is 11.1. The van der Waals surface area contributed by atoms with Crippen molar-refractivity contribution in [3.05, 3.63) is 181 Å². The molecular formula is C51H34O. The Morgan fingerprint density at radius 3 is 1.79 bits per heavy atom. The van der Waals surface area contributed by atoms with Crippen LogP contribution in [0, 0.1) is 0 Å². The first kappa shape index (κ1) is 22.4. The third kappa shape index (κ3) is 4.05. The number of benzene rings is 9. The van der Waals surface area contributed by atoms with E-state index in [1.54, 1.807) is 6.07 Å². The smallest absolute Gasteiger partial charge is 0.143 e. The van der Waals surface area contributed by atoms with Gasteiger partial charge in [0.15, 0.2) is 0 Å². The molecule has 1 heteroatoms. The maximum atomic E-state index is 9.43. The summed E-state index contributed by atoms with van der Waals surface area (Å²) in [6.07, 6.45) is 0. The summed E-state index contributed by atoms with van der Waals surface area (Å²) in [4.78, 5) is 0. The summed E-state index contributed by atoms with van der Waals surface area (Å²) in [6.45, 7) is 4.48. The van der Waals surface area contributed by atoms with Crippen LogP contribution in [0.4, 0.5) is 0 Å². The molecule has 0 fully saturated rings. The van der Waals surface area contributed by atoms with E-state index in [4.69, 9.17) is 9.90 Å². The Labute approximate surface area is 313 Å². The minimum absolute atomic E-state index is 0.176. The lowest BCUT2D eigenvalue weighted by Crippen LogP contribution is -2.14. The number of fused-ring (bicyclic) bond motifs is 10. The molecule has 52 heavy (non-hydrogen) atoms. The second-order valence-electron chi connectivity index (χ2n) is 14.2. The summed E-state index contributed by atoms with van der Waals surface area (Å²) in [6, 6.07) is 37.2. The number of hydrogen-bond acceptors (Lipinski definition) is 1. The topological polar surface area (TPSA) is 13.1 Å². The van der Waals surface area contributed by atoms with Gasteiger partial charge in [0.05, 0.1) is 11.0 Å². The zero-order valence-electron chi connectivity index (χ0n) is 36.5. The van der Waals surface area contributed by atoms with E-state index in [9.17, 15) is 5.48 Å². The molecule has 0 aliphatic heterocycles. The molecule has 11 rings (SSSR count). The molecule has 244 valence electrons. The predicted octanol–water partition coefficient (Wildman–Crippen LogP) is 14.4. The Morgan fingerprint density at radius 2 is 1.04 bits per heavy atom. The summed E-state index contributed by atoms with van der Waals surface area (Å²) in [5.41, 5.74) is 9.73. The van der Waals surface area contributed by atoms with Crippen LogP contribution < -0.4 is 0 Å². The van der Waals surface area contributed by atoms with Gasteiger partial charge in [0.1, 0.15) is 11.2 Å². The van der Waals surface area contributed by atoms with Gasteiger partial charge in [-0.2, -0.15) is 0 Å². The third-order valence-electron chi connectivity index (χ3n) is 11.1. The quantitative estimate of drug-likeness (QED) is 0.171. The van der Waals surface area contributed by atoms with E-state index >= 15 is 0 Å². The fraction of sp³-hybridized carbons (Fsp3) is 0.0588. The second-order valence-corrected chi connectivity index (χ2v) is 14.2. The molecule has 0 atom stereocenters. The average Bonchev–Trinajstić information content (AvgIpc) is 3.77. The Balaban J connectivity index is 1.22. The van der Waals surface area contributed by atoms with Crippen LogP contribution in [-0.4, -0.2) is 0 Å². The minimum atomic E-state index is -0.433. The molecular weight excluding hydrogens is 629 g/mol. The van der Waals surface area contributed by atoms with Crippen molar-refractivity contribution in [2.45, 2.75) is 19.3 Å². The highest BCUT2D eigenvalue weighted by Crippen LogP contribution is 2.52. The van der Waals surface area contributed by atoms with E-state index in [0.717, 1.165) is 32.7 Å². The molecule has 0 radical (unpaired) electrons. The molecule has 1 aromatic heterocycles.